The molecule has 1 fully saturated rings. The Balaban J connectivity index is 2.43. The zero-order chi connectivity index (χ0) is 23.1. The van der Waals surface area contributed by atoms with Crippen LogP contribution in [-0.4, -0.2) is 32.8 Å². The molecular weight excluding hydrogens is 420 g/mol. The van der Waals surface area contributed by atoms with Crippen molar-refractivity contribution in [2.45, 2.75) is 64.0 Å². The molecule has 7 nitrogen and oxygen atoms in total. The average Bonchev–Trinajstić information content (AvgIpc) is 2.54. The number of hydrogen-bond donors (Lipinski definition) is 1. The lowest BCUT2D eigenvalue weighted by Gasteiger charge is -2.36. The van der Waals surface area contributed by atoms with Crippen molar-refractivity contribution in [3.05, 3.63) is 35.4 Å². The minimum Gasteiger partial charge on any atom is -0.598 e. The molecule has 1 unspecified atom stereocenters. The molecule has 1 aliphatic rings. The summed E-state index contributed by atoms with van der Waals surface area (Å²) in [6.07, 6.45) is -0.648. The molecular formula is C20H25F2NO6S. The summed E-state index contributed by atoms with van der Waals surface area (Å²) in [4.78, 5) is 37.3. The van der Waals surface area contributed by atoms with Gasteiger partial charge in [-0.05, 0) is 33.8 Å². The lowest BCUT2D eigenvalue weighted by atomic mass is 9.84. The number of ketones is 1. The first-order chi connectivity index (χ1) is 13.6. The fraction of sp³-hybridized carbons (Fsp3) is 0.550. The first-order valence-corrected chi connectivity index (χ1v) is 10.3. The van der Waals surface area contributed by atoms with E-state index in [-0.39, 0.29) is 5.56 Å². The molecule has 1 aliphatic heterocycles. The maximum absolute atomic E-state index is 14.6. The van der Waals surface area contributed by atoms with Crippen molar-refractivity contribution < 1.29 is 37.2 Å². The molecule has 1 aromatic rings. The van der Waals surface area contributed by atoms with Gasteiger partial charge in [-0.3, -0.25) is 14.4 Å². The highest BCUT2D eigenvalue weighted by Crippen LogP contribution is 2.34. The highest BCUT2D eigenvalue weighted by molar-refractivity contribution is 7.90. The third-order valence-electron chi connectivity index (χ3n) is 4.43. The topological polar surface area (TPSA) is 105 Å². The average molecular weight is 445 g/mol. The van der Waals surface area contributed by atoms with E-state index in [9.17, 15) is 27.7 Å². The first-order valence-electron chi connectivity index (χ1n) is 9.20. The summed E-state index contributed by atoms with van der Waals surface area (Å²) in [5.41, 5.74) is -1.97. The van der Waals surface area contributed by atoms with Crippen LogP contribution in [0.25, 0.3) is 0 Å². The maximum Gasteiger partial charge on any atom is 0.331 e. The van der Waals surface area contributed by atoms with Gasteiger partial charge in [0.15, 0.2) is 17.4 Å². The molecule has 0 bridgehead atoms. The molecule has 0 aliphatic carbocycles. The molecule has 2 rings (SSSR count). The van der Waals surface area contributed by atoms with E-state index in [1.807, 2.05) is 0 Å². The Morgan fingerprint density at radius 2 is 1.70 bits per heavy atom. The van der Waals surface area contributed by atoms with Crippen molar-refractivity contribution >= 4 is 29.1 Å². The van der Waals surface area contributed by atoms with Crippen molar-refractivity contribution in [2.24, 2.45) is 5.92 Å². The smallest absolute Gasteiger partial charge is 0.331 e. The Labute approximate surface area is 176 Å². The summed E-state index contributed by atoms with van der Waals surface area (Å²) < 4.78 is 53.0. The molecule has 1 heterocycles. The predicted octanol–water partition coefficient (Wildman–Crippen LogP) is 2.64. The summed E-state index contributed by atoms with van der Waals surface area (Å²) in [5.74, 6) is -8.92. The molecule has 0 amide bonds. The van der Waals surface area contributed by atoms with E-state index < -0.39 is 69.1 Å². The van der Waals surface area contributed by atoms with Gasteiger partial charge in [0.2, 0.25) is 5.92 Å². The van der Waals surface area contributed by atoms with E-state index >= 15 is 0 Å². The van der Waals surface area contributed by atoms with Crippen LogP contribution in [0.1, 0.15) is 53.5 Å². The summed E-state index contributed by atoms with van der Waals surface area (Å²) in [6.45, 7) is 8.97. The van der Waals surface area contributed by atoms with E-state index in [0.29, 0.717) is 0 Å². The SMILES string of the molecule is CC1(C)OC(=O)C(C(=O)C[C@](C)(N[S+]([O-])C(C)(C)C)c2cccc(F)c2F)C(=O)O1. The van der Waals surface area contributed by atoms with Gasteiger partial charge < -0.3 is 14.0 Å². The van der Waals surface area contributed by atoms with Crippen LogP contribution in [0.5, 0.6) is 0 Å². The molecule has 0 spiro atoms. The number of Topliss-reactive ketones (excluding diaryl/α,β-unsaturated/α-hetero) is 1. The molecule has 1 aromatic carbocycles. The van der Waals surface area contributed by atoms with Crippen LogP contribution in [0.4, 0.5) is 8.78 Å². The quantitative estimate of drug-likeness (QED) is 0.408. The molecule has 1 saturated heterocycles. The van der Waals surface area contributed by atoms with Crippen LogP contribution < -0.4 is 4.72 Å². The van der Waals surface area contributed by atoms with Crippen molar-refractivity contribution in [1.82, 2.24) is 4.72 Å². The van der Waals surface area contributed by atoms with Crippen molar-refractivity contribution in [2.75, 3.05) is 0 Å². The first kappa shape index (κ1) is 24.2. The highest BCUT2D eigenvalue weighted by atomic mass is 32.2. The molecule has 30 heavy (non-hydrogen) atoms. The van der Waals surface area contributed by atoms with Crippen LogP contribution in [0, 0.1) is 17.6 Å². The monoisotopic (exact) mass is 445 g/mol. The molecule has 166 valence electrons. The van der Waals surface area contributed by atoms with E-state index in [4.69, 9.17) is 9.47 Å². The molecule has 0 radical (unpaired) electrons. The second-order valence-electron chi connectivity index (χ2n) is 8.73. The summed E-state index contributed by atoms with van der Waals surface area (Å²) >= 11 is -1.80. The van der Waals surface area contributed by atoms with E-state index in [1.165, 1.54) is 32.9 Å². The van der Waals surface area contributed by atoms with Crippen molar-refractivity contribution in [3.63, 3.8) is 0 Å². The number of hydrogen-bond acceptors (Lipinski definition) is 7. The van der Waals surface area contributed by atoms with Crippen LogP contribution in [0.2, 0.25) is 0 Å². The number of benzene rings is 1. The number of nitrogens with one attached hydrogen (secondary N) is 1. The lowest BCUT2D eigenvalue weighted by Crippen LogP contribution is -2.54. The second kappa shape index (κ2) is 8.24. The van der Waals surface area contributed by atoms with Gasteiger partial charge in [0, 0.05) is 37.2 Å². The molecule has 1 N–H and O–H groups in total. The minimum atomic E-state index is -1.88. The zero-order valence-corrected chi connectivity index (χ0v) is 18.4. The number of esters is 2. The molecule has 0 aromatic heterocycles. The van der Waals surface area contributed by atoms with Gasteiger partial charge in [0.25, 0.3) is 5.79 Å². The zero-order valence-electron chi connectivity index (χ0n) is 17.6. The van der Waals surface area contributed by atoms with Gasteiger partial charge in [0.1, 0.15) is 4.75 Å². The van der Waals surface area contributed by atoms with Crippen LogP contribution in [0.3, 0.4) is 0 Å². The third-order valence-corrected chi connectivity index (χ3v) is 6.18. The number of halogens is 2. The van der Waals surface area contributed by atoms with Crippen LogP contribution in [0.15, 0.2) is 18.2 Å². The Morgan fingerprint density at radius 1 is 1.17 bits per heavy atom. The van der Waals surface area contributed by atoms with Crippen LogP contribution >= 0.6 is 0 Å². The van der Waals surface area contributed by atoms with Gasteiger partial charge >= 0.3 is 11.9 Å². The molecule has 10 heteroatoms. The maximum atomic E-state index is 14.6. The van der Waals surface area contributed by atoms with Gasteiger partial charge in [-0.2, -0.15) is 0 Å². The summed E-state index contributed by atoms with van der Waals surface area (Å²) in [6, 6.07) is 3.38. The van der Waals surface area contributed by atoms with Gasteiger partial charge in [0.05, 0.1) is 5.54 Å². The number of cyclic esters (lactones) is 2. The number of carbonyl (C=O) groups excluding carboxylic acids is 3. The number of rotatable bonds is 6. The fourth-order valence-corrected chi connectivity index (χ4v) is 3.80. The Morgan fingerprint density at radius 3 is 2.20 bits per heavy atom. The Hall–Kier alpha value is -2.04. The van der Waals surface area contributed by atoms with E-state index in [0.717, 1.165) is 6.07 Å². The van der Waals surface area contributed by atoms with Crippen LogP contribution in [-0.2, 0) is 40.8 Å². The summed E-state index contributed by atoms with van der Waals surface area (Å²) in [5, 5.41) is 0. The Kier molecular flexibility index (Phi) is 6.65. The highest BCUT2D eigenvalue weighted by Gasteiger charge is 2.50. The van der Waals surface area contributed by atoms with Crippen molar-refractivity contribution in [1.29, 1.82) is 0 Å². The minimum absolute atomic E-state index is 0.272. The normalized spacial score (nSPS) is 20.2. The van der Waals surface area contributed by atoms with Gasteiger partial charge in [-0.1, -0.05) is 12.1 Å². The number of carbonyl (C=O) groups is 3. The molecule has 2 atom stereocenters. The standard InChI is InChI=1S/C20H25F2NO6S/c1-18(2,3)30(27)23-20(6,11-8-7-9-12(21)15(11)22)10-13(24)14-16(25)28-19(4,5)29-17(14)26/h7-9,14,23H,10H2,1-6H3/t20-,30?/m0/s1. The fourth-order valence-electron chi connectivity index (χ4n) is 2.91. The van der Waals surface area contributed by atoms with Gasteiger partial charge in [-0.15, -0.1) is 4.72 Å². The number of ether oxygens (including phenoxy) is 2. The molecule has 0 saturated carbocycles. The Bertz CT molecular complexity index is 849. The summed E-state index contributed by atoms with van der Waals surface area (Å²) in [7, 11) is 0. The van der Waals surface area contributed by atoms with Gasteiger partial charge in [-0.25, -0.2) is 8.78 Å². The van der Waals surface area contributed by atoms with Crippen molar-refractivity contribution in [3.8, 4) is 0 Å². The lowest BCUT2D eigenvalue weighted by molar-refractivity contribution is -0.238. The van der Waals surface area contributed by atoms with E-state index in [1.54, 1.807) is 20.8 Å². The second-order valence-corrected chi connectivity index (χ2v) is 10.7. The van der Waals surface area contributed by atoms with E-state index in [2.05, 4.69) is 4.72 Å². The third kappa shape index (κ3) is 5.16. The predicted molar refractivity (Wildman–Crippen MR) is 104 cm³/mol. The largest absolute Gasteiger partial charge is 0.598 e.